The molecule has 2 aromatic heterocycles. The van der Waals surface area contributed by atoms with E-state index in [1.165, 1.54) is 5.56 Å². The van der Waals surface area contributed by atoms with E-state index in [0.29, 0.717) is 12.2 Å². The van der Waals surface area contributed by atoms with Crippen LogP contribution in [0.1, 0.15) is 54.8 Å². The summed E-state index contributed by atoms with van der Waals surface area (Å²) < 4.78 is 2.19. The number of fused-ring (bicyclic) bond motifs is 1. The molecule has 0 fully saturated rings. The molecule has 0 saturated carbocycles. The molecular weight excluding hydrogens is 398 g/mol. The van der Waals surface area contributed by atoms with Crippen LogP contribution in [0.4, 0.5) is 0 Å². The number of amides is 2. The lowest BCUT2D eigenvalue weighted by Gasteiger charge is -2.19. The molecule has 2 aromatic rings. The highest BCUT2D eigenvalue weighted by atomic mass is 32.1. The Hall–Kier alpha value is -2.32. The summed E-state index contributed by atoms with van der Waals surface area (Å²) in [4.78, 5) is 36.7. The molecule has 0 saturated heterocycles. The van der Waals surface area contributed by atoms with Crippen molar-refractivity contribution in [1.29, 1.82) is 0 Å². The summed E-state index contributed by atoms with van der Waals surface area (Å²) in [6, 6.07) is 2.13. The smallest absolute Gasteiger partial charge is 0.297 e. The van der Waals surface area contributed by atoms with Crippen LogP contribution in [-0.4, -0.2) is 52.6 Å². The molecule has 0 bridgehead atoms. The van der Waals surface area contributed by atoms with E-state index in [0.717, 1.165) is 43.9 Å². The normalized spacial score (nSPS) is 15.6. The number of hydrogen-bond acceptors (Lipinski definition) is 5. The van der Waals surface area contributed by atoms with Crippen molar-refractivity contribution in [1.82, 2.24) is 19.8 Å². The lowest BCUT2D eigenvalue weighted by atomic mass is 9.89. The van der Waals surface area contributed by atoms with Gasteiger partial charge in [0.15, 0.2) is 5.69 Å². The summed E-state index contributed by atoms with van der Waals surface area (Å²) in [5.74, 6) is 0.141. The van der Waals surface area contributed by atoms with Crippen molar-refractivity contribution in [3.8, 4) is 0 Å². The fourth-order valence-corrected chi connectivity index (χ4v) is 4.38. The highest BCUT2D eigenvalue weighted by Gasteiger charge is 2.29. The Bertz CT molecular complexity index is 938. The zero-order chi connectivity index (χ0) is 21.9. The van der Waals surface area contributed by atoms with Crippen molar-refractivity contribution in [3.63, 3.8) is 0 Å². The van der Waals surface area contributed by atoms with Gasteiger partial charge in [-0.25, -0.2) is 9.98 Å². The number of imidazole rings is 1. The predicted octanol–water partition coefficient (Wildman–Crippen LogP) is 2.94. The van der Waals surface area contributed by atoms with Gasteiger partial charge in [0.1, 0.15) is 11.5 Å². The van der Waals surface area contributed by atoms with Crippen molar-refractivity contribution in [2.45, 2.75) is 53.1 Å². The van der Waals surface area contributed by atoms with Crippen molar-refractivity contribution >= 4 is 28.9 Å². The lowest BCUT2D eigenvalue weighted by Crippen LogP contribution is -2.37. The number of rotatable bonds is 5. The van der Waals surface area contributed by atoms with Crippen LogP contribution in [0.3, 0.4) is 0 Å². The maximum Gasteiger partial charge on any atom is 0.297 e. The van der Waals surface area contributed by atoms with Gasteiger partial charge in [0.05, 0.1) is 5.69 Å². The largest absolute Gasteiger partial charge is 0.354 e. The van der Waals surface area contributed by atoms with Crippen LogP contribution in [0.25, 0.3) is 0 Å². The van der Waals surface area contributed by atoms with E-state index >= 15 is 0 Å². The highest BCUT2D eigenvalue weighted by Crippen LogP contribution is 2.23. The molecular formula is C22H31N5O2S. The third kappa shape index (κ3) is 5.05. The van der Waals surface area contributed by atoms with E-state index < -0.39 is 11.3 Å². The lowest BCUT2D eigenvalue weighted by molar-refractivity contribution is -0.114. The number of nitrogens with one attached hydrogen (secondary N) is 1. The molecule has 0 aliphatic carbocycles. The highest BCUT2D eigenvalue weighted by molar-refractivity contribution is 7.07. The Labute approximate surface area is 182 Å². The van der Waals surface area contributed by atoms with Gasteiger partial charge in [-0.3, -0.25) is 9.59 Å². The van der Waals surface area contributed by atoms with Crippen molar-refractivity contribution in [3.05, 3.63) is 39.6 Å². The van der Waals surface area contributed by atoms with Gasteiger partial charge in [0, 0.05) is 32.0 Å². The fraction of sp³-hybridized carbons (Fsp3) is 0.545. The second-order valence-electron chi connectivity index (χ2n) is 8.79. The maximum atomic E-state index is 13.2. The van der Waals surface area contributed by atoms with Gasteiger partial charge < -0.3 is 14.8 Å². The first kappa shape index (κ1) is 22.4. The van der Waals surface area contributed by atoms with E-state index in [1.54, 1.807) is 18.4 Å². The number of aliphatic imine (C=N–C) groups is 1. The minimum Gasteiger partial charge on any atom is -0.354 e. The Balaban J connectivity index is 1.99. The van der Waals surface area contributed by atoms with E-state index in [1.807, 2.05) is 20.8 Å². The summed E-state index contributed by atoms with van der Waals surface area (Å²) in [6.45, 7) is 8.08. The summed E-state index contributed by atoms with van der Waals surface area (Å²) in [5, 5.41) is 6.82. The molecule has 1 aliphatic heterocycles. The SMILES string of the molecule is CNC(=O)/C(=N/C(=O)c1nc(CCc2ccsc2)n2c1CN(C)CCC2)C(C)(C)C. The van der Waals surface area contributed by atoms with Gasteiger partial charge in [0.25, 0.3) is 11.8 Å². The Kier molecular flexibility index (Phi) is 6.88. The minimum absolute atomic E-state index is 0.221. The van der Waals surface area contributed by atoms with Crippen molar-refractivity contribution < 1.29 is 9.59 Å². The van der Waals surface area contributed by atoms with E-state index in [4.69, 9.17) is 4.98 Å². The zero-order valence-electron chi connectivity index (χ0n) is 18.5. The minimum atomic E-state index is -0.551. The molecule has 0 spiro atoms. The molecule has 0 aromatic carbocycles. The molecule has 30 heavy (non-hydrogen) atoms. The van der Waals surface area contributed by atoms with Crippen LogP contribution in [0.5, 0.6) is 0 Å². The van der Waals surface area contributed by atoms with E-state index in [9.17, 15) is 9.59 Å². The average Bonchev–Trinajstić information content (AvgIpc) is 3.27. The molecule has 3 heterocycles. The molecule has 1 aliphatic rings. The Morgan fingerprint density at radius 1 is 1.27 bits per heavy atom. The van der Waals surface area contributed by atoms with Crippen LogP contribution in [0, 0.1) is 5.41 Å². The third-order valence-electron chi connectivity index (χ3n) is 5.28. The third-order valence-corrected chi connectivity index (χ3v) is 6.01. The van der Waals surface area contributed by atoms with Gasteiger partial charge in [-0.2, -0.15) is 11.3 Å². The van der Waals surface area contributed by atoms with E-state index in [-0.39, 0.29) is 11.6 Å². The van der Waals surface area contributed by atoms with Gasteiger partial charge in [0.2, 0.25) is 0 Å². The van der Waals surface area contributed by atoms with Gasteiger partial charge >= 0.3 is 0 Å². The quantitative estimate of drug-likeness (QED) is 0.741. The maximum absolute atomic E-state index is 13.2. The summed E-state index contributed by atoms with van der Waals surface area (Å²) in [6.07, 6.45) is 2.66. The molecule has 162 valence electrons. The predicted molar refractivity (Wildman–Crippen MR) is 120 cm³/mol. The van der Waals surface area contributed by atoms with Crippen molar-refractivity contribution in [2.24, 2.45) is 10.4 Å². The first-order valence-corrected chi connectivity index (χ1v) is 11.3. The molecule has 3 rings (SSSR count). The molecule has 0 atom stereocenters. The van der Waals surface area contributed by atoms with Crippen molar-refractivity contribution in [2.75, 3.05) is 20.6 Å². The Morgan fingerprint density at radius 3 is 2.67 bits per heavy atom. The number of aryl methyl sites for hydroxylation is 2. The van der Waals surface area contributed by atoms with Crippen LogP contribution >= 0.6 is 11.3 Å². The van der Waals surface area contributed by atoms with Gasteiger partial charge in [-0.1, -0.05) is 20.8 Å². The summed E-state index contributed by atoms with van der Waals surface area (Å²) >= 11 is 1.69. The molecule has 8 heteroatoms. The Morgan fingerprint density at radius 2 is 2.03 bits per heavy atom. The topological polar surface area (TPSA) is 79.6 Å². The number of nitrogens with zero attached hydrogens (tertiary/aromatic N) is 4. The number of hydrogen-bond donors (Lipinski definition) is 1. The first-order valence-electron chi connectivity index (χ1n) is 10.3. The molecule has 0 radical (unpaired) electrons. The molecule has 2 amide bonds. The number of thiophene rings is 1. The fourth-order valence-electron chi connectivity index (χ4n) is 3.68. The second-order valence-corrected chi connectivity index (χ2v) is 9.57. The van der Waals surface area contributed by atoms with Gasteiger partial charge in [-0.05, 0) is 48.8 Å². The first-order chi connectivity index (χ1) is 14.2. The van der Waals surface area contributed by atoms with Gasteiger partial charge in [-0.15, -0.1) is 0 Å². The average molecular weight is 430 g/mol. The summed E-state index contributed by atoms with van der Waals surface area (Å²) in [5.41, 5.74) is 2.22. The number of carbonyl (C=O) groups is 2. The van der Waals surface area contributed by atoms with Crippen LogP contribution in [-0.2, 0) is 30.7 Å². The zero-order valence-corrected chi connectivity index (χ0v) is 19.3. The van der Waals surface area contributed by atoms with Crippen LogP contribution in [0.15, 0.2) is 21.8 Å². The van der Waals surface area contributed by atoms with Crippen LogP contribution in [0.2, 0.25) is 0 Å². The molecule has 7 nitrogen and oxygen atoms in total. The van der Waals surface area contributed by atoms with E-state index in [2.05, 4.69) is 43.7 Å². The number of aromatic nitrogens is 2. The standard InChI is InChI=1S/C22H31N5O2S/c1-22(2,3)19(21(29)23-4)25-20(28)18-16-13-26(5)10-6-11-27(16)17(24-18)8-7-15-9-12-30-14-15/h9,12,14H,6-8,10-11,13H2,1-5H3,(H,23,29)/b25-19-. The monoisotopic (exact) mass is 429 g/mol. The summed E-state index contributed by atoms with van der Waals surface area (Å²) in [7, 11) is 3.60. The molecule has 0 unspecified atom stereocenters. The molecule has 1 N–H and O–H groups in total. The van der Waals surface area contributed by atoms with Crippen LogP contribution < -0.4 is 5.32 Å². The number of carbonyl (C=O) groups excluding carboxylic acids is 2. The second kappa shape index (κ2) is 9.22.